The van der Waals surface area contributed by atoms with Gasteiger partial charge in [0.1, 0.15) is 17.1 Å². The van der Waals surface area contributed by atoms with Gasteiger partial charge in [-0.1, -0.05) is 30.3 Å². The van der Waals surface area contributed by atoms with Crippen LogP contribution in [0.15, 0.2) is 83.7 Å². The molecule has 5 rings (SSSR count). The molecule has 0 aliphatic rings. The van der Waals surface area contributed by atoms with Gasteiger partial charge in [0.2, 0.25) is 0 Å². The zero-order chi connectivity index (χ0) is 25.8. The van der Waals surface area contributed by atoms with Gasteiger partial charge < -0.3 is 24.5 Å². The number of nitrogens with one attached hydrogen (secondary N) is 2. The van der Waals surface area contributed by atoms with E-state index in [1.165, 1.54) is 0 Å². The molecule has 0 saturated carbocycles. The molecule has 5 aromatic rings. The number of hydrogen-bond acceptors (Lipinski definition) is 6. The second kappa shape index (κ2) is 10.6. The predicted molar refractivity (Wildman–Crippen MR) is 144 cm³/mol. The average molecular weight is 497 g/mol. The van der Waals surface area contributed by atoms with Crippen LogP contribution in [-0.2, 0) is 13.1 Å². The first kappa shape index (κ1) is 24.1. The molecule has 0 unspecified atom stereocenters. The summed E-state index contributed by atoms with van der Waals surface area (Å²) in [5, 5.41) is 9.10. The highest BCUT2D eigenvalue weighted by Gasteiger charge is 2.18. The van der Waals surface area contributed by atoms with E-state index in [2.05, 4.69) is 10.3 Å². The Hall–Kier alpha value is -4.56. The van der Waals surface area contributed by atoms with Crippen LogP contribution in [0.4, 0.5) is 0 Å². The molecule has 0 bridgehead atoms. The van der Waals surface area contributed by atoms with E-state index in [0.29, 0.717) is 35.8 Å². The molecule has 2 N–H and O–H groups in total. The van der Waals surface area contributed by atoms with Gasteiger partial charge >= 0.3 is 0 Å². The molecule has 0 aliphatic carbocycles. The highest BCUT2D eigenvalue weighted by Crippen LogP contribution is 2.35. The van der Waals surface area contributed by atoms with Gasteiger partial charge in [0, 0.05) is 29.6 Å². The van der Waals surface area contributed by atoms with Gasteiger partial charge in [0.15, 0.2) is 11.5 Å². The van der Waals surface area contributed by atoms with Crippen molar-refractivity contribution in [1.29, 1.82) is 0 Å². The molecule has 188 valence electrons. The van der Waals surface area contributed by atoms with Crippen LogP contribution in [0.1, 0.15) is 11.1 Å². The number of pyridine rings is 1. The summed E-state index contributed by atoms with van der Waals surface area (Å²) in [6.07, 6.45) is 0. The fraction of sp³-hybridized carbons (Fsp3) is 0.172. The van der Waals surface area contributed by atoms with E-state index in [1.54, 1.807) is 26.0 Å². The van der Waals surface area contributed by atoms with Gasteiger partial charge in [-0.25, -0.2) is 4.68 Å². The molecule has 0 saturated heterocycles. The Morgan fingerprint density at radius 1 is 0.838 bits per heavy atom. The number of rotatable bonds is 9. The average Bonchev–Trinajstić information content (AvgIpc) is 3.31. The van der Waals surface area contributed by atoms with E-state index in [-0.39, 0.29) is 5.56 Å². The highest BCUT2D eigenvalue weighted by atomic mass is 16.5. The van der Waals surface area contributed by atoms with Crippen molar-refractivity contribution in [2.75, 3.05) is 21.3 Å². The summed E-state index contributed by atoms with van der Waals surface area (Å²) in [7, 11) is 4.85. The number of fused-ring (bicyclic) bond motifs is 1. The Bertz CT molecular complexity index is 1570. The number of hydrogen-bond donors (Lipinski definition) is 2. The van der Waals surface area contributed by atoms with Gasteiger partial charge in [0.25, 0.3) is 5.56 Å². The maximum absolute atomic E-state index is 13.1. The van der Waals surface area contributed by atoms with Gasteiger partial charge in [-0.05, 0) is 54.1 Å². The zero-order valence-electron chi connectivity index (χ0n) is 20.9. The topological polar surface area (TPSA) is 90.4 Å². The van der Waals surface area contributed by atoms with Crippen molar-refractivity contribution in [3.63, 3.8) is 0 Å². The van der Waals surface area contributed by atoms with Crippen molar-refractivity contribution in [2.45, 2.75) is 13.1 Å². The third-order valence-electron chi connectivity index (χ3n) is 6.23. The fourth-order valence-corrected chi connectivity index (χ4v) is 4.28. The summed E-state index contributed by atoms with van der Waals surface area (Å²) in [4.78, 5) is 16.1. The SMILES string of the molecule is COc1ccc(CNCc2cc3c(-c4ccc(OC)c(OC)c4)nn(-c4ccccc4)c3[nH]c2=O)cc1. The molecule has 0 radical (unpaired) electrons. The normalized spacial score (nSPS) is 11.0. The third-order valence-corrected chi connectivity index (χ3v) is 6.23. The molecule has 0 atom stereocenters. The van der Waals surface area contributed by atoms with Gasteiger partial charge in [-0.2, -0.15) is 5.10 Å². The standard InChI is InChI=1S/C29H28N4O4/c1-35-23-12-9-19(10-13-23)17-30-18-21-15-24-27(20-11-14-25(36-2)26(16-20)37-3)32-33(28(24)31-29(21)34)22-7-5-4-6-8-22/h4-16,30H,17-18H2,1-3H3,(H,31,34). The molecule has 0 spiro atoms. The van der Waals surface area contributed by atoms with Gasteiger partial charge in [-0.15, -0.1) is 0 Å². The fourth-order valence-electron chi connectivity index (χ4n) is 4.28. The van der Waals surface area contributed by atoms with Crippen LogP contribution in [0.25, 0.3) is 28.0 Å². The molecule has 2 aromatic heterocycles. The van der Waals surface area contributed by atoms with Crippen LogP contribution in [-0.4, -0.2) is 36.1 Å². The summed E-state index contributed by atoms with van der Waals surface area (Å²) in [6, 6.07) is 25.2. The molecule has 0 fully saturated rings. The number of benzene rings is 3. The zero-order valence-corrected chi connectivity index (χ0v) is 20.9. The van der Waals surface area contributed by atoms with Crippen LogP contribution in [0, 0.1) is 0 Å². The lowest BCUT2D eigenvalue weighted by Crippen LogP contribution is -2.21. The summed E-state index contributed by atoms with van der Waals surface area (Å²) in [5.74, 6) is 2.05. The molecule has 3 aromatic carbocycles. The Balaban J connectivity index is 1.54. The van der Waals surface area contributed by atoms with Crippen molar-refractivity contribution in [3.05, 3.63) is 100 Å². The van der Waals surface area contributed by atoms with Gasteiger partial charge in [0.05, 0.1) is 27.0 Å². The lowest BCUT2D eigenvalue weighted by Gasteiger charge is -2.09. The molecular weight excluding hydrogens is 468 g/mol. The molecule has 0 amide bonds. The van der Waals surface area contributed by atoms with Crippen LogP contribution in [0.3, 0.4) is 0 Å². The largest absolute Gasteiger partial charge is 0.497 e. The number of aromatic amines is 1. The third kappa shape index (κ3) is 4.92. The summed E-state index contributed by atoms with van der Waals surface area (Å²) >= 11 is 0. The van der Waals surface area contributed by atoms with Crippen LogP contribution >= 0.6 is 0 Å². The number of H-pyrrole nitrogens is 1. The molecule has 37 heavy (non-hydrogen) atoms. The van der Waals surface area contributed by atoms with Gasteiger partial charge in [-0.3, -0.25) is 4.79 Å². The molecule has 0 aliphatic heterocycles. The number of para-hydroxylation sites is 1. The predicted octanol–water partition coefficient (Wildman–Crippen LogP) is 4.70. The monoisotopic (exact) mass is 496 g/mol. The Labute approximate surface area is 214 Å². The number of methoxy groups -OCH3 is 3. The van der Waals surface area contributed by atoms with Crippen molar-refractivity contribution in [1.82, 2.24) is 20.1 Å². The Morgan fingerprint density at radius 3 is 2.30 bits per heavy atom. The maximum atomic E-state index is 13.1. The van der Waals surface area contributed by atoms with Crippen molar-refractivity contribution < 1.29 is 14.2 Å². The quantitative estimate of drug-likeness (QED) is 0.308. The van der Waals surface area contributed by atoms with Crippen LogP contribution in [0.5, 0.6) is 17.2 Å². The maximum Gasteiger partial charge on any atom is 0.254 e. The lowest BCUT2D eigenvalue weighted by atomic mass is 10.1. The first-order valence-electron chi connectivity index (χ1n) is 11.9. The second-order valence-corrected chi connectivity index (χ2v) is 8.50. The number of aromatic nitrogens is 3. The van der Waals surface area contributed by atoms with Crippen molar-refractivity contribution in [3.8, 4) is 34.2 Å². The number of nitrogens with zero attached hydrogens (tertiary/aromatic N) is 2. The lowest BCUT2D eigenvalue weighted by molar-refractivity contribution is 0.355. The van der Waals surface area contributed by atoms with Crippen LogP contribution in [0.2, 0.25) is 0 Å². The van der Waals surface area contributed by atoms with E-state index in [1.807, 2.05) is 78.9 Å². The number of ether oxygens (including phenoxy) is 3. The summed E-state index contributed by atoms with van der Waals surface area (Å²) in [6.45, 7) is 1.02. The van der Waals surface area contributed by atoms with Crippen molar-refractivity contribution >= 4 is 11.0 Å². The van der Waals surface area contributed by atoms with E-state index in [0.717, 1.165) is 33.6 Å². The first-order chi connectivity index (χ1) is 18.1. The minimum absolute atomic E-state index is 0.161. The molecular formula is C29H28N4O4. The smallest absolute Gasteiger partial charge is 0.254 e. The Kier molecular flexibility index (Phi) is 6.91. The first-order valence-corrected chi connectivity index (χ1v) is 11.9. The summed E-state index contributed by atoms with van der Waals surface area (Å²) < 4.78 is 17.9. The minimum atomic E-state index is -0.161. The Morgan fingerprint density at radius 2 is 1.59 bits per heavy atom. The molecule has 2 heterocycles. The van der Waals surface area contributed by atoms with E-state index in [4.69, 9.17) is 19.3 Å². The van der Waals surface area contributed by atoms with E-state index in [9.17, 15) is 4.79 Å². The van der Waals surface area contributed by atoms with E-state index >= 15 is 0 Å². The second-order valence-electron chi connectivity index (χ2n) is 8.50. The highest BCUT2D eigenvalue weighted by molar-refractivity contribution is 5.92. The van der Waals surface area contributed by atoms with E-state index < -0.39 is 0 Å². The summed E-state index contributed by atoms with van der Waals surface area (Å²) in [5.41, 5.74) is 4.61. The molecule has 8 heteroatoms. The minimum Gasteiger partial charge on any atom is -0.497 e. The molecule has 8 nitrogen and oxygen atoms in total. The van der Waals surface area contributed by atoms with Crippen molar-refractivity contribution in [2.24, 2.45) is 0 Å². The van der Waals surface area contributed by atoms with Crippen LogP contribution < -0.4 is 25.1 Å².